The number of aryl methyl sites for hydroxylation is 2. The SMILES string of the molecule is Cc1ccc2c3c(ccc2n1)OC[C@H](C(N)C[C@@H]1CCc2sc4ccc(F)cc4c2C1)O3. The topological polar surface area (TPSA) is 57.4 Å². The van der Waals surface area contributed by atoms with Gasteiger partial charge in [0, 0.05) is 26.7 Å². The van der Waals surface area contributed by atoms with E-state index in [1.165, 1.54) is 15.1 Å². The smallest absolute Gasteiger partial charge is 0.171 e. The van der Waals surface area contributed by atoms with Crippen LogP contribution in [0.15, 0.2) is 42.5 Å². The van der Waals surface area contributed by atoms with E-state index in [0.29, 0.717) is 12.5 Å². The van der Waals surface area contributed by atoms with E-state index < -0.39 is 0 Å². The Morgan fingerprint density at radius 2 is 2.09 bits per heavy atom. The van der Waals surface area contributed by atoms with Gasteiger partial charge in [-0.1, -0.05) is 0 Å². The van der Waals surface area contributed by atoms with Crippen molar-refractivity contribution in [2.45, 2.75) is 44.8 Å². The summed E-state index contributed by atoms with van der Waals surface area (Å²) < 4.78 is 27.4. The Balaban J connectivity index is 1.20. The lowest BCUT2D eigenvalue weighted by Gasteiger charge is -2.33. The number of benzene rings is 2. The highest BCUT2D eigenvalue weighted by molar-refractivity contribution is 7.19. The fraction of sp³-hybridized carbons (Fsp3) is 0.346. The zero-order valence-corrected chi connectivity index (χ0v) is 18.8. The van der Waals surface area contributed by atoms with E-state index in [4.69, 9.17) is 15.2 Å². The first kappa shape index (κ1) is 19.9. The van der Waals surface area contributed by atoms with Crippen LogP contribution in [0.5, 0.6) is 11.5 Å². The average Bonchev–Trinajstić information content (AvgIpc) is 3.15. The van der Waals surface area contributed by atoms with Gasteiger partial charge in [-0.25, -0.2) is 4.39 Å². The van der Waals surface area contributed by atoms with Crippen LogP contribution in [0.25, 0.3) is 21.0 Å². The summed E-state index contributed by atoms with van der Waals surface area (Å²) in [4.78, 5) is 6.00. The van der Waals surface area contributed by atoms with Crippen LogP contribution in [0.2, 0.25) is 0 Å². The van der Waals surface area contributed by atoms with Gasteiger partial charge in [0.2, 0.25) is 0 Å². The summed E-state index contributed by atoms with van der Waals surface area (Å²) in [7, 11) is 0. The highest BCUT2D eigenvalue weighted by atomic mass is 32.1. The molecule has 1 aliphatic heterocycles. The first-order valence-corrected chi connectivity index (χ1v) is 12.0. The second-order valence-corrected chi connectivity index (χ2v) is 10.2. The second-order valence-electron chi connectivity index (χ2n) is 9.03. The Kier molecular flexibility index (Phi) is 4.81. The Morgan fingerprint density at radius 1 is 1.19 bits per heavy atom. The third kappa shape index (κ3) is 3.42. The minimum Gasteiger partial charge on any atom is -0.486 e. The maximum absolute atomic E-state index is 13.8. The van der Waals surface area contributed by atoms with Gasteiger partial charge in [-0.3, -0.25) is 4.98 Å². The van der Waals surface area contributed by atoms with Gasteiger partial charge in [-0.15, -0.1) is 11.3 Å². The van der Waals surface area contributed by atoms with Crippen molar-refractivity contribution < 1.29 is 13.9 Å². The Morgan fingerprint density at radius 3 is 3.00 bits per heavy atom. The third-order valence-corrected chi connectivity index (χ3v) is 8.06. The van der Waals surface area contributed by atoms with Crippen LogP contribution >= 0.6 is 11.3 Å². The molecule has 4 nitrogen and oxygen atoms in total. The second kappa shape index (κ2) is 7.71. The number of ether oxygens (including phenoxy) is 2. The van der Waals surface area contributed by atoms with Gasteiger partial charge in [-0.05, 0) is 91.9 Å². The highest BCUT2D eigenvalue weighted by Crippen LogP contribution is 2.41. The van der Waals surface area contributed by atoms with E-state index in [-0.39, 0.29) is 18.0 Å². The summed E-state index contributed by atoms with van der Waals surface area (Å²) in [6, 6.07) is 12.9. The molecule has 0 amide bonds. The number of rotatable bonds is 3. The molecule has 0 radical (unpaired) electrons. The molecule has 1 aliphatic carbocycles. The molecule has 2 aromatic heterocycles. The van der Waals surface area contributed by atoms with Gasteiger partial charge in [0.1, 0.15) is 18.5 Å². The quantitative estimate of drug-likeness (QED) is 0.446. The molecule has 2 N–H and O–H groups in total. The number of halogens is 1. The number of nitrogens with zero attached hydrogens (tertiary/aromatic N) is 1. The van der Waals surface area contributed by atoms with Crippen molar-refractivity contribution >= 4 is 32.3 Å². The van der Waals surface area contributed by atoms with E-state index in [1.54, 1.807) is 23.5 Å². The average molecular weight is 449 g/mol. The van der Waals surface area contributed by atoms with Crippen molar-refractivity contribution in [3.63, 3.8) is 0 Å². The van der Waals surface area contributed by atoms with E-state index in [9.17, 15) is 4.39 Å². The molecule has 1 unspecified atom stereocenters. The molecule has 6 rings (SSSR count). The third-order valence-electron chi connectivity index (χ3n) is 6.79. The van der Waals surface area contributed by atoms with Crippen molar-refractivity contribution in [1.29, 1.82) is 0 Å². The molecule has 2 aliphatic rings. The van der Waals surface area contributed by atoms with Crippen LogP contribution < -0.4 is 15.2 Å². The molecule has 164 valence electrons. The summed E-state index contributed by atoms with van der Waals surface area (Å²) in [5.41, 5.74) is 9.84. The molecule has 0 bridgehead atoms. The number of hydrogen-bond acceptors (Lipinski definition) is 5. The standard InChI is InChI=1S/C26H25FN2O2S/c1-14-2-5-17-21(29-14)6-7-22-26(17)31-23(13-30-22)20(28)11-15-3-8-24-18(10-15)19-12-16(27)4-9-25(19)32-24/h2,4-7,9,12,15,20,23H,3,8,10-11,13,28H2,1H3/t15-,20?,23-/m1/s1. The molecular formula is C26H25FN2O2S. The largest absolute Gasteiger partial charge is 0.486 e. The monoisotopic (exact) mass is 448 g/mol. The van der Waals surface area contributed by atoms with Gasteiger partial charge in [0.15, 0.2) is 11.5 Å². The van der Waals surface area contributed by atoms with Gasteiger partial charge < -0.3 is 15.2 Å². The minimum absolute atomic E-state index is 0.134. The zero-order valence-electron chi connectivity index (χ0n) is 17.9. The lowest BCUT2D eigenvalue weighted by molar-refractivity contribution is 0.0668. The maximum atomic E-state index is 13.8. The summed E-state index contributed by atoms with van der Waals surface area (Å²) in [6.45, 7) is 2.43. The molecular weight excluding hydrogens is 423 g/mol. The van der Waals surface area contributed by atoms with Crippen LogP contribution in [0.4, 0.5) is 4.39 Å². The molecule has 6 heteroatoms. The molecule has 32 heavy (non-hydrogen) atoms. The zero-order chi connectivity index (χ0) is 21.8. The number of thiophene rings is 1. The summed E-state index contributed by atoms with van der Waals surface area (Å²) in [5.74, 6) is 1.79. The first-order chi connectivity index (χ1) is 15.5. The normalized spacial score (nSPS) is 21.0. The van der Waals surface area contributed by atoms with Crippen LogP contribution in [0.3, 0.4) is 0 Å². The molecule has 4 aromatic rings. The van der Waals surface area contributed by atoms with Crippen LogP contribution in [-0.4, -0.2) is 23.7 Å². The fourth-order valence-corrected chi connectivity index (χ4v) is 6.35. The summed E-state index contributed by atoms with van der Waals surface area (Å²) in [6.07, 6.45) is 3.74. The maximum Gasteiger partial charge on any atom is 0.171 e. The molecule has 3 heterocycles. The van der Waals surface area contributed by atoms with Crippen molar-refractivity contribution in [2.75, 3.05) is 6.61 Å². The summed E-state index contributed by atoms with van der Waals surface area (Å²) >= 11 is 1.80. The molecule has 0 fully saturated rings. The van der Waals surface area contributed by atoms with Crippen molar-refractivity contribution in [3.8, 4) is 11.5 Å². The van der Waals surface area contributed by atoms with Crippen molar-refractivity contribution in [2.24, 2.45) is 11.7 Å². The van der Waals surface area contributed by atoms with E-state index in [1.807, 2.05) is 37.3 Å². The minimum atomic E-state index is -0.201. The number of fused-ring (bicyclic) bond motifs is 6. The predicted molar refractivity (Wildman–Crippen MR) is 126 cm³/mol. The number of nitrogens with two attached hydrogens (primary N) is 1. The van der Waals surface area contributed by atoms with Crippen molar-refractivity contribution in [1.82, 2.24) is 4.98 Å². The van der Waals surface area contributed by atoms with Gasteiger partial charge in [-0.2, -0.15) is 0 Å². The first-order valence-electron chi connectivity index (χ1n) is 11.2. The summed E-state index contributed by atoms with van der Waals surface area (Å²) in [5, 5.41) is 2.03. The highest BCUT2D eigenvalue weighted by Gasteiger charge is 2.31. The number of pyridine rings is 1. The van der Waals surface area contributed by atoms with Gasteiger partial charge >= 0.3 is 0 Å². The van der Waals surface area contributed by atoms with E-state index >= 15 is 0 Å². The van der Waals surface area contributed by atoms with Crippen molar-refractivity contribution in [3.05, 3.63) is 64.4 Å². The molecule has 0 saturated heterocycles. The molecule has 3 atom stereocenters. The Bertz CT molecular complexity index is 1330. The Labute approximate surface area is 190 Å². The molecule has 2 aromatic carbocycles. The van der Waals surface area contributed by atoms with E-state index in [2.05, 4.69) is 4.98 Å². The molecule has 0 spiro atoms. The number of hydrogen-bond donors (Lipinski definition) is 1. The lowest BCUT2D eigenvalue weighted by Crippen LogP contribution is -2.46. The van der Waals surface area contributed by atoms with Crippen LogP contribution in [0, 0.1) is 18.7 Å². The predicted octanol–water partition coefficient (Wildman–Crippen LogP) is 5.56. The Hall–Kier alpha value is -2.70. The fourth-order valence-electron chi connectivity index (χ4n) is 5.12. The van der Waals surface area contributed by atoms with Crippen LogP contribution in [-0.2, 0) is 12.8 Å². The molecule has 0 saturated carbocycles. The van der Waals surface area contributed by atoms with E-state index in [0.717, 1.165) is 59.2 Å². The number of aromatic nitrogens is 1. The van der Waals surface area contributed by atoms with Gasteiger partial charge in [0.25, 0.3) is 0 Å². The lowest BCUT2D eigenvalue weighted by atomic mass is 9.82. The van der Waals surface area contributed by atoms with Crippen LogP contribution in [0.1, 0.15) is 29.0 Å². The van der Waals surface area contributed by atoms with Gasteiger partial charge in [0.05, 0.1) is 5.52 Å².